The molecule has 1 fully saturated rings. The number of amides is 1. The zero-order chi connectivity index (χ0) is 20.6. The topological polar surface area (TPSA) is 56.6 Å². The van der Waals surface area contributed by atoms with Crippen LogP contribution >= 0.6 is 0 Å². The summed E-state index contributed by atoms with van der Waals surface area (Å²) in [5, 5.41) is 8.90. The van der Waals surface area contributed by atoms with Crippen LogP contribution < -0.4 is 4.74 Å². The fraction of sp³-hybridized carbons (Fsp3) is 0.391. The van der Waals surface area contributed by atoms with E-state index >= 15 is 0 Å². The van der Waals surface area contributed by atoms with Crippen LogP contribution in [-0.2, 0) is 17.8 Å². The Morgan fingerprint density at radius 1 is 1.10 bits per heavy atom. The van der Waals surface area contributed by atoms with Gasteiger partial charge in [-0.05, 0) is 48.2 Å². The lowest BCUT2D eigenvalue weighted by Crippen LogP contribution is -2.35. The number of benzene rings is 2. The molecule has 5 nitrogen and oxygen atoms in total. The lowest BCUT2D eigenvalue weighted by atomic mass is 10.1. The monoisotopic (exact) mass is 395 g/mol. The van der Waals surface area contributed by atoms with Crippen molar-refractivity contribution in [2.45, 2.75) is 25.8 Å². The van der Waals surface area contributed by atoms with Crippen LogP contribution in [0.5, 0.6) is 5.75 Å². The fourth-order valence-corrected chi connectivity index (χ4v) is 3.60. The van der Waals surface area contributed by atoms with Crippen molar-refractivity contribution < 1.29 is 13.9 Å². The van der Waals surface area contributed by atoms with Crippen LogP contribution in [0.15, 0.2) is 42.5 Å². The normalized spacial score (nSPS) is 14.9. The van der Waals surface area contributed by atoms with Crippen LogP contribution in [0.2, 0.25) is 0 Å². The van der Waals surface area contributed by atoms with Crippen molar-refractivity contribution in [2.75, 3.05) is 33.3 Å². The van der Waals surface area contributed by atoms with E-state index in [1.807, 2.05) is 29.2 Å². The maximum absolute atomic E-state index is 13.8. The summed E-state index contributed by atoms with van der Waals surface area (Å²) >= 11 is 0. The standard InChI is InChI=1S/C23H26FN3O2/c1-29-22-9-7-18(15-21(22)24)8-10-23(28)27-12-2-11-26(13-14-27)17-20-5-3-19(16-25)4-6-20/h3-7,9,15H,2,8,10-14,17H2,1H3. The first kappa shape index (κ1) is 20.8. The fourth-order valence-electron chi connectivity index (χ4n) is 3.60. The molecule has 1 amide bonds. The third kappa shape index (κ3) is 5.78. The molecule has 2 aromatic carbocycles. The highest BCUT2D eigenvalue weighted by atomic mass is 19.1. The van der Waals surface area contributed by atoms with Crippen molar-refractivity contribution in [1.29, 1.82) is 5.26 Å². The van der Waals surface area contributed by atoms with E-state index in [2.05, 4.69) is 11.0 Å². The van der Waals surface area contributed by atoms with Gasteiger partial charge in [0, 0.05) is 39.1 Å². The molecule has 0 aromatic heterocycles. The van der Waals surface area contributed by atoms with E-state index in [0.717, 1.165) is 38.2 Å². The number of halogens is 1. The summed E-state index contributed by atoms with van der Waals surface area (Å²) in [6, 6.07) is 14.6. The minimum atomic E-state index is -0.398. The van der Waals surface area contributed by atoms with Crippen molar-refractivity contribution in [1.82, 2.24) is 9.80 Å². The van der Waals surface area contributed by atoms with Crippen molar-refractivity contribution >= 4 is 5.91 Å². The molecule has 6 heteroatoms. The number of carbonyl (C=O) groups is 1. The minimum absolute atomic E-state index is 0.112. The summed E-state index contributed by atoms with van der Waals surface area (Å²) in [6.45, 7) is 4.03. The molecule has 0 N–H and O–H groups in total. The first-order valence-corrected chi connectivity index (χ1v) is 9.90. The van der Waals surface area contributed by atoms with Gasteiger partial charge in [-0.15, -0.1) is 0 Å². The smallest absolute Gasteiger partial charge is 0.222 e. The molecule has 3 rings (SSSR count). The summed E-state index contributed by atoms with van der Waals surface area (Å²) in [4.78, 5) is 16.9. The quantitative estimate of drug-likeness (QED) is 0.753. The third-order valence-electron chi connectivity index (χ3n) is 5.27. The van der Waals surface area contributed by atoms with Crippen molar-refractivity contribution in [2.24, 2.45) is 0 Å². The van der Waals surface area contributed by atoms with Gasteiger partial charge in [0.25, 0.3) is 0 Å². The number of nitriles is 1. The molecule has 0 bridgehead atoms. The molecule has 0 spiro atoms. The molecule has 1 saturated heterocycles. The predicted molar refractivity (Wildman–Crippen MR) is 109 cm³/mol. The van der Waals surface area contributed by atoms with Gasteiger partial charge in [-0.3, -0.25) is 9.69 Å². The molecular formula is C23H26FN3O2. The Labute approximate surface area is 171 Å². The van der Waals surface area contributed by atoms with E-state index in [1.54, 1.807) is 12.1 Å². The Balaban J connectivity index is 1.48. The van der Waals surface area contributed by atoms with Gasteiger partial charge in [-0.2, -0.15) is 5.26 Å². The number of ether oxygens (including phenoxy) is 1. The van der Waals surface area contributed by atoms with Crippen LogP contribution in [0.1, 0.15) is 29.5 Å². The number of aryl methyl sites for hydroxylation is 1. The minimum Gasteiger partial charge on any atom is -0.494 e. The Bertz CT molecular complexity index is 877. The maximum atomic E-state index is 13.8. The molecule has 0 saturated carbocycles. The maximum Gasteiger partial charge on any atom is 0.222 e. The van der Waals surface area contributed by atoms with Crippen LogP contribution in [0.3, 0.4) is 0 Å². The van der Waals surface area contributed by atoms with Crippen molar-refractivity contribution in [3.63, 3.8) is 0 Å². The Morgan fingerprint density at radius 2 is 1.86 bits per heavy atom. The van der Waals surface area contributed by atoms with Crippen LogP contribution in [0, 0.1) is 17.1 Å². The summed E-state index contributed by atoms with van der Waals surface area (Å²) in [5.41, 5.74) is 2.64. The highest BCUT2D eigenvalue weighted by Crippen LogP contribution is 2.19. The van der Waals surface area contributed by atoms with Gasteiger partial charge in [0.05, 0.1) is 18.7 Å². The summed E-state index contributed by atoms with van der Waals surface area (Å²) in [5.74, 6) is -0.0675. The average Bonchev–Trinajstić information content (AvgIpc) is 2.98. The summed E-state index contributed by atoms with van der Waals surface area (Å²) < 4.78 is 18.7. The highest BCUT2D eigenvalue weighted by Gasteiger charge is 2.19. The lowest BCUT2D eigenvalue weighted by Gasteiger charge is -2.22. The molecule has 1 aliphatic heterocycles. The molecule has 0 radical (unpaired) electrons. The number of methoxy groups -OCH3 is 1. The zero-order valence-electron chi connectivity index (χ0n) is 16.7. The van der Waals surface area contributed by atoms with Gasteiger partial charge in [0.1, 0.15) is 0 Å². The van der Waals surface area contributed by atoms with E-state index in [4.69, 9.17) is 10.00 Å². The Hall–Kier alpha value is -2.91. The van der Waals surface area contributed by atoms with Gasteiger partial charge in [-0.25, -0.2) is 4.39 Å². The summed E-state index contributed by atoms with van der Waals surface area (Å²) in [6.07, 6.45) is 1.83. The Morgan fingerprint density at radius 3 is 2.55 bits per heavy atom. The number of rotatable bonds is 6. The van der Waals surface area contributed by atoms with Gasteiger partial charge in [0.2, 0.25) is 5.91 Å². The molecule has 1 aliphatic rings. The second kappa shape index (κ2) is 10.0. The van der Waals surface area contributed by atoms with E-state index < -0.39 is 5.82 Å². The molecule has 0 aliphatic carbocycles. The molecule has 0 unspecified atom stereocenters. The largest absolute Gasteiger partial charge is 0.494 e. The van der Waals surface area contributed by atoms with Gasteiger partial charge >= 0.3 is 0 Å². The van der Waals surface area contributed by atoms with E-state index in [-0.39, 0.29) is 11.7 Å². The Kier molecular flexibility index (Phi) is 7.20. The van der Waals surface area contributed by atoms with E-state index in [1.165, 1.54) is 18.7 Å². The van der Waals surface area contributed by atoms with Crippen LogP contribution in [0.4, 0.5) is 4.39 Å². The molecule has 0 atom stereocenters. The number of carbonyl (C=O) groups excluding carboxylic acids is 1. The average molecular weight is 395 g/mol. The lowest BCUT2D eigenvalue weighted by molar-refractivity contribution is -0.131. The number of hydrogen-bond acceptors (Lipinski definition) is 4. The molecule has 1 heterocycles. The van der Waals surface area contributed by atoms with Crippen molar-refractivity contribution in [3.8, 4) is 11.8 Å². The first-order valence-electron chi connectivity index (χ1n) is 9.90. The second-order valence-corrected chi connectivity index (χ2v) is 7.29. The molecule has 29 heavy (non-hydrogen) atoms. The predicted octanol–water partition coefficient (Wildman–Crippen LogP) is 3.37. The molecule has 152 valence electrons. The number of hydrogen-bond donors (Lipinski definition) is 0. The SMILES string of the molecule is COc1ccc(CCC(=O)N2CCCN(Cc3ccc(C#N)cc3)CC2)cc1F. The van der Waals surface area contributed by atoms with E-state index in [9.17, 15) is 9.18 Å². The molecular weight excluding hydrogens is 369 g/mol. The van der Waals surface area contributed by atoms with Crippen molar-refractivity contribution in [3.05, 3.63) is 65.0 Å². The zero-order valence-corrected chi connectivity index (χ0v) is 16.7. The summed E-state index contributed by atoms with van der Waals surface area (Å²) in [7, 11) is 1.44. The van der Waals surface area contributed by atoms with Gasteiger partial charge in [-0.1, -0.05) is 18.2 Å². The molecule has 2 aromatic rings. The van der Waals surface area contributed by atoms with Gasteiger partial charge < -0.3 is 9.64 Å². The third-order valence-corrected chi connectivity index (χ3v) is 5.27. The number of nitrogens with zero attached hydrogens (tertiary/aromatic N) is 3. The van der Waals surface area contributed by atoms with Gasteiger partial charge in [0.15, 0.2) is 11.6 Å². The second-order valence-electron chi connectivity index (χ2n) is 7.29. The first-order chi connectivity index (χ1) is 14.1. The van der Waals surface area contributed by atoms with Crippen LogP contribution in [0.25, 0.3) is 0 Å². The van der Waals surface area contributed by atoms with E-state index in [0.29, 0.717) is 24.9 Å². The van der Waals surface area contributed by atoms with Crippen LogP contribution in [-0.4, -0.2) is 49.0 Å². The highest BCUT2D eigenvalue weighted by molar-refractivity contribution is 5.76.